The lowest BCUT2D eigenvalue weighted by atomic mass is 10.1. The standard InChI is InChI=1S/C11H8ClNO3S/c12-10(3-4-14)9-6-17-11-2-1-7(13(15)16)5-8(9)11/h1-2,4-6,10H,3H2. The number of carbonyl (C=O) groups is 1. The van der Waals surface area contributed by atoms with Gasteiger partial charge >= 0.3 is 0 Å². The van der Waals surface area contributed by atoms with Gasteiger partial charge < -0.3 is 4.79 Å². The Morgan fingerprint density at radius 3 is 2.94 bits per heavy atom. The first kappa shape index (κ1) is 12.0. The number of non-ortho nitro benzene ring substituents is 1. The van der Waals surface area contributed by atoms with E-state index in [4.69, 9.17) is 11.6 Å². The number of nitrogens with zero attached hydrogens (tertiary/aromatic N) is 1. The number of carbonyl (C=O) groups excluding carboxylic acids is 1. The Kier molecular flexibility index (Phi) is 3.40. The summed E-state index contributed by atoms with van der Waals surface area (Å²) in [6.45, 7) is 0. The molecule has 1 aromatic heterocycles. The summed E-state index contributed by atoms with van der Waals surface area (Å²) in [5.74, 6) is 0. The van der Waals surface area contributed by atoms with E-state index in [1.807, 2.05) is 5.38 Å². The van der Waals surface area contributed by atoms with Gasteiger partial charge in [0.1, 0.15) is 6.29 Å². The number of thiophene rings is 1. The highest BCUT2D eigenvalue weighted by Gasteiger charge is 2.15. The topological polar surface area (TPSA) is 60.2 Å². The third kappa shape index (κ3) is 2.30. The maximum atomic E-state index is 10.7. The number of benzene rings is 1. The monoisotopic (exact) mass is 269 g/mol. The maximum Gasteiger partial charge on any atom is 0.270 e. The lowest BCUT2D eigenvalue weighted by Gasteiger charge is -2.03. The van der Waals surface area contributed by atoms with E-state index in [-0.39, 0.29) is 12.1 Å². The number of hydrogen-bond acceptors (Lipinski definition) is 4. The van der Waals surface area contributed by atoms with Crippen molar-refractivity contribution in [1.82, 2.24) is 0 Å². The maximum absolute atomic E-state index is 10.7. The lowest BCUT2D eigenvalue weighted by Crippen LogP contribution is -1.91. The Hall–Kier alpha value is -1.46. The van der Waals surface area contributed by atoms with Crippen molar-refractivity contribution < 1.29 is 9.72 Å². The molecule has 0 fully saturated rings. The van der Waals surface area contributed by atoms with Gasteiger partial charge in [-0.25, -0.2) is 0 Å². The van der Waals surface area contributed by atoms with Gasteiger partial charge in [0, 0.05) is 28.6 Å². The first-order valence-electron chi connectivity index (χ1n) is 4.86. The van der Waals surface area contributed by atoms with Gasteiger partial charge in [0.05, 0.1) is 10.3 Å². The molecule has 1 aromatic carbocycles. The molecule has 4 nitrogen and oxygen atoms in total. The van der Waals surface area contributed by atoms with Gasteiger partial charge in [-0.05, 0) is 17.0 Å². The van der Waals surface area contributed by atoms with Crippen LogP contribution in [0.5, 0.6) is 0 Å². The third-order valence-corrected chi connectivity index (χ3v) is 3.83. The van der Waals surface area contributed by atoms with E-state index in [2.05, 4.69) is 0 Å². The number of alkyl halides is 1. The summed E-state index contributed by atoms with van der Waals surface area (Å²) in [4.78, 5) is 20.7. The molecule has 0 aliphatic carbocycles. The lowest BCUT2D eigenvalue weighted by molar-refractivity contribution is -0.384. The van der Waals surface area contributed by atoms with E-state index in [1.54, 1.807) is 6.07 Å². The van der Waals surface area contributed by atoms with E-state index >= 15 is 0 Å². The zero-order chi connectivity index (χ0) is 12.4. The van der Waals surface area contributed by atoms with Gasteiger partial charge in [-0.1, -0.05) is 0 Å². The van der Waals surface area contributed by atoms with Crippen molar-refractivity contribution in [3.63, 3.8) is 0 Å². The minimum atomic E-state index is -0.441. The zero-order valence-corrected chi connectivity index (χ0v) is 10.2. The highest BCUT2D eigenvalue weighted by atomic mass is 35.5. The van der Waals surface area contributed by atoms with Crippen molar-refractivity contribution >= 4 is 45.0 Å². The minimum Gasteiger partial charge on any atom is -0.303 e. The molecule has 0 bridgehead atoms. The molecule has 6 heteroatoms. The number of nitro benzene ring substituents is 1. The highest BCUT2D eigenvalue weighted by molar-refractivity contribution is 7.17. The fourth-order valence-electron chi connectivity index (χ4n) is 1.60. The summed E-state index contributed by atoms with van der Waals surface area (Å²) >= 11 is 7.53. The summed E-state index contributed by atoms with van der Waals surface area (Å²) in [6.07, 6.45) is 0.953. The molecule has 2 rings (SSSR count). The molecule has 1 heterocycles. The Morgan fingerprint density at radius 2 is 2.29 bits per heavy atom. The second kappa shape index (κ2) is 4.81. The van der Waals surface area contributed by atoms with Gasteiger partial charge in [0.15, 0.2) is 0 Å². The van der Waals surface area contributed by atoms with E-state index in [1.165, 1.54) is 23.5 Å². The van der Waals surface area contributed by atoms with Crippen LogP contribution in [0, 0.1) is 10.1 Å². The average Bonchev–Trinajstić information content (AvgIpc) is 2.71. The molecule has 1 atom stereocenters. The van der Waals surface area contributed by atoms with Crippen LogP contribution in [0.2, 0.25) is 0 Å². The summed E-state index contributed by atoms with van der Waals surface area (Å²) in [7, 11) is 0. The van der Waals surface area contributed by atoms with Crippen LogP contribution in [0.25, 0.3) is 10.1 Å². The zero-order valence-electron chi connectivity index (χ0n) is 8.63. The highest BCUT2D eigenvalue weighted by Crippen LogP contribution is 2.36. The molecule has 0 saturated carbocycles. The van der Waals surface area contributed by atoms with Gasteiger partial charge in [-0.2, -0.15) is 0 Å². The summed E-state index contributed by atoms with van der Waals surface area (Å²) < 4.78 is 0.933. The number of aldehydes is 1. The Labute approximate surface area is 106 Å². The molecule has 17 heavy (non-hydrogen) atoms. The van der Waals surface area contributed by atoms with E-state index in [0.29, 0.717) is 0 Å². The molecule has 0 N–H and O–H groups in total. The van der Waals surface area contributed by atoms with Crippen molar-refractivity contribution in [3.8, 4) is 0 Å². The van der Waals surface area contributed by atoms with Gasteiger partial charge in [-0.15, -0.1) is 22.9 Å². The largest absolute Gasteiger partial charge is 0.303 e. The molecule has 0 radical (unpaired) electrons. The quantitative estimate of drug-likeness (QED) is 0.368. The number of nitro groups is 1. The molecule has 1 unspecified atom stereocenters. The van der Waals surface area contributed by atoms with Crippen LogP contribution in [0.4, 0.5) is 5.69 Å². The van der Waals surface area contributed by atoms with E-state index < -0.39 is 10.3 Å². The van der Waals surface area contributed by atoms with Crippen molar-refractivity contribution in [2.45, 2.75) is 11.8 Å². The van der Waals surface area contributed by atoms with Crippen molar-refractivity contribution in [2.24, 2.45) is 0 Å². The molecule has 0 spiro atoms. The predicted octanol–water partition coefficient (Wildman–Crippen LogP) is 3.68. The van der Waals surface area contributed by atoms with Crippen LogP contribution in [-0.2, 0) is 4.79 Å². The average molecular weight is 270 g/mol. The van der Waals surface area contributed by atoms with Gasteiger partial charge in [-0.3, -0.25) is 10.1 Å². The van der Waals surface area contributed by atoms with Crippen LogP contribution < -0.4 is 0 Å². The molecule has 0 saturated heterocycles. The number of fused-ring (bicyclic) bond motifs is 1. The third-order valence-electron chi connectivity index (χ3n) is 2.44. The van der Waals surface area contributed by atoms with Crippen LogP contribution >= 0.6 is 22.9 Å². The fourth-order valence-corrected chi connectivity index (χ4v) is 2.93. The number of halogens is 1. The Morgan fingerprint density at radius 1 is 1.53 bits per heavy atom. The normalized spacial score (nSPS) is 12.5. The van der Waals surface area contributed by atoms with Gasteiger partial charge in [0.25, 0.3) is 5.69 Å². The molecule has 2 aromatic rings. The Bertz CT molecular complexity index is 581. The summed E-state index contributed by atoms with van der Waals surface area (Å²) in [6, 6.07) is 4.67. The molecule has 0 amide bonds. The number of hydrogen-bond donors (Lipinski definition) is 0. The second-order valence-corrected chi connectivity index (χ2v) is 4.94. The SMILES string of the molecule is O=CCC(Cl)c1csc2ccc([N+](=O)[O-])cc12. The second-order valence-electron chi connectivity index (χ2n) is 3.50. The van der Waals surface area contributed by atoms with Gasteiger partial charge in [0.2, 0.25) is 0 Å². The fraction of sp³-hybridized carbons (Fsp3) is 0.182. The van der Waals surface area contributed by atoms with Crippen LogP contribution in [0.3, 0.4) is 0 Å². The smallest absolute Gasteiger partial charge is 0.270 e. The van der Waals surface area contributed by atoms with Crippen LogP contribution in [0.15, 0.2) is 23.6 Å². The summed E-state index contributed by atoms with van der Waals surface area (Å²) in [5.41, 5.74) is 0.814. The molecule has 0 aliphatic rings. The predicted molar refractivity (Wildman–Crippen MR) is 67.8 cm³/mol. The Balaban J connectivity index is 2.53. The number of rotatable bonds is 4. The van der Waals surface area contributed by atoms with Crippen molar-refractivity contribution in [2.75, 3.05) is 0 Å². The first-order valence-corrected chi connectivity index (χ1v) is 6.18. The van der Waals surface area contributed by atoms with Crippen molar-refractivity contribution in [1.29, 1.82) is 0 Å². The first-order chi connectivity index (χ1) is 8.13. The molecular formula is C11H8ClNO3S. The molecular weight excluding hydrogens is 262 g/mol. The van der Waals surface area contributed by atoms with Crippen LogP contribution in [-0.4, -0.2) is 11.2 Å². The van der Waals surface area contributed by atoms with Crippen molar-refractivity contribution in [3.05, 3.63) is 39.3 Å². The van der Waals surface area contributed by atoms with E-state index in [0.717, 1.165) is 21.9 Å². The molecule has 88 valence electrons. The summed E-state index contributed by atoms with van der Waals surface area (Å²) in [5, 5.41) is 12.9. The van der Waals surface area contributed by atoms with Crippen LogP contribution in [0.1, 0.15) is 17.4 Å². The minimum absolute atomic E-state index is 0.0344. The molecule has 0 aliphatic heterocycles. The van der Waals surface area contributed by atoms with E-state index in [9.17, 15) is 14.9 Å².